The molecule has 18 heavy (non-hydrogen) atoms. The van der Waals surface area contributed by atoms with Gasteiger partial charge in [0.2, 0.25) is 0 Å². The van der Waals surface area contributed by atoms with Crippen LogP contribution in [0.25, 0.3) is 0 Å². The van der Waals surface area contributed by atoms with E-state index in [1.807, 2.05) is 11.8 Å². The first kappa shape index (κ1) is 13.5. The summed E-state index contributed by atoms with van der Waals surface area (Å²) in [7, 11) is 0. The van der Waals surface area contributed by atoms with E-state index in [0.29, 0.717) is 11.5 Å². The highest BCUT2D eigenvalue weighted by Crippen LogP contribution is 2.21. The summed E-state index contributed by atoms with van der Waals surface area (Å²) >= 11 is 3.47. The minimum absolute atomic E-state index is 0.0438. The van der Waals surface area contributed by atoms with Gasteiger partial charge in [0.15, 0.2) is 0 Å². The third-order valence-electron chi connectivity index (χ3n) is 3.45. The minimum Gasteiger partial charge on any atom is -0.338 e. The van der Waals surface area contributed by atoms with E-state index < -0.39 is 0 Å². The molecule has 4 heteroatoms. The van der Waals surface area contributed by atoms with Crippen LogP contribution in [0.5, 0.6) is 0 Å². The van der Waals surface area contributed by atoms with Crippen molar-refractivity contribution in [3.8, 4) is 0 Å². The lowest BCUT2D eigenvalue weighted by Gasteiger charge is -2.32. The van der Waals surface area contributed by atoms with E-state index in [1.165, 1.54) is 12.1 Å². The van der Waals surface area contributed by atoms with Crippen LogP contribution in [-0.2, 0) is 0 Å². The number of aryl methyl sites for hydroxylation is 1. The molecule has 1 heterocycles. The number of alkyl halides is 1. The van der Waals surface area contributed by atoms with Crippen LogP contribution in [0.2, 0.25) is 0 Å². The Balaban J connectivity index is 2.17. The number of likely N-dealkylation sites (tertiary alicyclic amines) is 1. The number of amides is 1. The number of nitrogens with zero attached hydrogens (tertiary/aromatic N) is 1. The summed E-state index contributed by atoms with van der Waals surface area (Å²) in [6.45, 7) is 3.39. The Morgan fingerprint density at radius 1 is 1.56 bits per heavy atom. The largest absolute Gasteiger partial charge is 0.338 e. The zero-order valence-electron chi connectivity index (χ0n) is 10.5. The fraction of sp³-hybridized carbons (Fsp3) is 0.500. The molecule has 1 aliphatic rings. The predicted octanol–water partition coefficient (Wildman–Crippen LogP) is 3.38. The van der Waals surface area contributed by atoms with Crippen LogP contribution in [0, 0.1) is 18.7 Å². The summed E-state index contributed by atoms with van der Waals surface area (Å²) in [6, 6.07) is 4.40. The van der Waals surface area contributed by atoms with E-state index in [1.54, 1.807) is 6.07 Å². The molecule has 1 amide bonds. The number of carbonyl (C=O) groups excluding carboxylic acids is 1. The van der Waals surface area contributed by atoms with Crippen molar-refractivity contribution in [1.82, 2.24) is 4.90 Å². The summed E-state index contributed by atoms with van der Waals surface area (Å²) in [5.74, 6) is 0.118. The molecule has 98 valence electrons. The maximum absolute atomic E-state index is 13.2. The summed E-state index contributed by atoms with van der Waals surface area (Å²) < 4.78 is 13.2. The number of piperidine rings is 1. The number of carbonyl (C=O) groups is 1. The number of halogens is 2. The fourth-order valence-corrected chi connectivity index (χ4v) is 2.90. The van der Waals surface area contributed by atoms with Gasteiger partial charge in [-0.15, -0.1) is 0 Å². The second-order valence-electron chi connectivity index (χ2n) is 4.87. The average molecular weight is 314 g/mol. The van der Waals surface area contributed by atoms with E-state index in [4.69, 9.17) is 0 Å². The fourth-order valence-electron chi connectivity index (χ4n) is 2.37. The van der Waals surface area contributed by atoms with Crippen molar-refractivity contribution in [1.29, 1.82) is 0 Å². The van der Waals surface area contributed by atoms with Crippen LogP contribution in [0.3, 0.4) is 0 Å². The Hall–Kier alpha value is -0.900. The molecular weight excluding hydrogens is 297 g/mol. The molecule has 0 saturated carbocycles. The zero-order chi connectivity index (χ0) is 13.1. The topological polar surface area (TPSA) is 20.3 Å². The lowest BCUT2D eigenvalue weighted by atomic mass is 9.98. The quantitative estimate of drug-likeness (QED) is 0.766. The molecule has 0 spiro atoms. The van der Waals surface area contributed by atoms with Gasteiger partial charge in [-0.2, -0.15) is 0 Å². The molecular formula is C14H17BrFNO. The Morgan fingerprint density at radius 2 is 2.33 bits per heavy atom. The SMILES string of the molecule is Cc1ccc(F)cc1C(=O)N1CCCC(CBr)C1. The summed E-state index contributed by atoms with van der Waals surface area (Å²) in [4.78, 5) is 14.2. The number of hydrogen-bond donors (Lipinski definition) is 0. The molecule has 1 aromatic rings. The molecule has 0 aromatic heterocycles. The van der Waals surface area contributed by atoms with Gasteiger partial charge in [0.25, 0.3) is 5.91 Å². The van der Waals surface area contributed by atoms with Crippen molar-refractivity contribution in [3.05, 3.63) is 35.1 Å². The molecule has 1 unspecified atom stereocenters. The van der Waals surface area contributed by atoms with Gasteiger partial charge in [-0.25, -0.2) is 4.39 Å². The van der Waals surface area contributed by atoms with Gasteiger partial charge in [0.1, 0.15) is 5.82 Å². The molecule has 0 radical (unpaired) electrons. The van der Waals surface area contributed by atoms with Crippen LogP contribution < -0.4 is 0 Å². The van der Waals surface area contributed by atoms with Crippen molar-refractivity contribution in [3.63, 3.8) is 0 Å². The first-order chi connectivity index (χ1) is 8.61. The Kier molecular flexibility index (Phi) is 4.38. The Labute approximate surface area is 115 Å². The van der Waals surface area contributed by atoms with Gasteiger partial charge in [-0.3, -0.25) is 4.79 Å². The van der Waals surface area contributed by atoms with Crippen LogP contribution in [-0.4, -0.2) is 29.2 Å². The third kappa shape index (κ3) is 2.91. The molecule has 1 fully saturated rings. The average Bonchev–Trinajstić information content (AvgIpc) is 2.41. The third-order valence-corrected chi connectivity index (χ3v) is 4.37. The highest BCUT2D eigenvalue weighted by molar-refractivity contribution is 9.09. The Morgan fingerprint density at radius 3 is 3.06 bits per heavy atom. The lowest BCUT2D eigenvalue weighted by Crippen LogP contribution is -2.40. The molecule has 1 aromatic carbocycles. The van der Waals surface area contributed by atoms with E-state index in [2.05, 4.69) is 15.9 Å². The smallest absolute Gasteiger partial charge is 0.254 e. The normalized spacial score (nSPS) is 19.9. The minimum atomic E-state index is -0.349. The molecule has 1 atom stereocenters. The number of rotatable bonds is 2. The van der Waals surface area contributed by atoms with Crippen molar-refractivity contribution in [2.45, 2.75) is 19.8 Å². The van der Waals surface area contributed by atoms with Crippen molar-refractivity contribution in [2.24, 2.45) is 5.92 Å². The molecule has 2 rings (SSSR count). The molecule has 0 aliphatic carbocycles. The van der Waals surface area contributed by atoms with Gasteiger partial charge in [0, 0.05) is 24.0 Å². The van der Waals surface area contributed by atoms with E-state index in [0.717, 1.165) is 36.8 Å². The predicted molar refractivity (Wildman–Crippen MR) is 73.6 cm³/mol. The Bertz CT molecular complexity index is 449. The van der Waals surface area contributed by atoms with E-state index in [9.17, 15) is 9.18 Å². The number of hydrogen-bond acceptors (Lipinski definition) is 1. The van der Waals surface area contributed by atoms with Gasteiger partial charge in [-0.1, -0.05) is 22.0 Å². The van der Waals surface area contributed by atoms with Crippen molar-refractivity contribution < 1.29 is 9.18 Å². The van der Waals surface area contributed by atoms with Gasteiger partial charge in [0.05, 0.1) is 0 Å². The molecule has 0 N–H and O–H groups in total. The highest BCUT2D eigenvalue weighted by atomic mass is 79.9. The lowest BCUT2D eigenvalue weighted by molar-refractivity contribution is 0.0684. The zero-order valence-corrected chi connectivity index (χ0v) is 12.0. The first-order valence-corrected chi connectivity index (χ1v) is 7.35. The van der Waals surface area contributed by atoms with Crippen molar-refractivity contribution in [2.75, 3.05) is 18.4 Å². The second-order valence-corrected chi connectivity index (χ2v) is 5.52. The first-order valence-electron chi connectivity index (χ1n) is 6.23. The highest BCUT2D eigenvalue weighted by Gasteiger charge is 2.24. The second kappa shape index (κ2) is 5.83. The molecule has 1 aliphatic heterocycles. The van der Waals surface area contributed by atoms with Gasteiger partial charge < -0.3 is 4.90 Å². The summed E-state index contributed by atoms with van der Waals surface area (Å²) in [6.07, 6.45) is 2.17. The molecule has 2 nitrogen and oxygen atoms in total. The molecule has 0 bridgehead atoms. The van der Waals surface area contributed by atoms with Crippen LogP contribution in [0.1, 0.15) is 28.8 Å². The van der Waals surface area contributed by atoms with Crippen LogP contribution in [0.4, 0.5) is 4.39 Å². The van der Waals surface area contributed by atoms with Crippen LogP contribution in [0.15, 0.2) is 18.2 Å². The van der Waals surface area contributed by atoms with E-state index >= 15 is 0 Å². The van der Waals surface area contributed by atoms with Gasteiger partial charge in [-0.05, 0) is 43.4 Å². The van der Waals surface area contributed by atoms with E-state index in [-0.39, 0.29) is 11.7 Å². The van der Waals surface area contributed by atoms with Crippen molar-refractivity contribution >= 4 is 21.8 Å². The maximum Gasteiger partial charge on any atom is 0.254 e. The maximum atomic E-state index is 13.2. The molecule has 1 saturated heterocycles. The number of benzene rings is 1. The standard InChI is InChI=1S/C14H17BrFNO/c1-10-4-5-12(16)7-13(10)14(18)17-6-2-3-11(8-15)9-17/h4-5,7,11H,2-3,6,8-9H2,1H3. The summed E-state index contributed by atoms with van der Waals surface area (Å²) in [5, 5.41) is 0.916. The van der Waals surface area contributed by atoms with Gasteiger partial charge >= 0.3 is 0 Å². The summed E-state index contributed by atoms with van der Waals surface area (Å²) in [5.41, 5.74) is 1.33. The monoisotopic (exact) mass is 313 g/mol. The van der Waals surface area contributed by atoms with Crippen LogP contribution >= 0.6 is 15.9 Å².